The number of ether oxygens (including phenoxy) is 1. The molecule has 1 heterocycles. The topological polar surface area (TPSA) is 129 Å². The van der Waals surface area contributed by atoms with Crippen molar-refractivity contribution in [2.75, 3.05) is 42.4 Å². The third-order valence-corrected chi connectivity index (χ3v) is 4.02. The lowest BCUT2D eigenvalue weighted by molar-refractivity contribution is 0.0268. The molecule has 0 aliphatic heterocycles. The van der Waals surface area contributed by atoms with E-state index in [0.29, 0.717) is 42.0 Å². The number of hydrogen-bond acceptors (Lipinski definition) is 9. The summed E-state index contributed by atoms with van der Waals surface area (Å²) >= 11 is 0. The summed E-state index contributed by atoms with van der Waals surface area (Å²) in [6.07, 6.45) is 2.42. The number of nitrogens with two attached hydrogens (primary N) is 1. The van der Waals surface area contributed by atoms with E-state index < -0.39 is 5.60 Å². The number of aryl methyl sites for hydroxylation is 1. The van der Waals surface area contributed by atoms with Crippen LogP contribution in [0.4, 0.5) is 17.3 Å². The van der Waals surface area contributed by atoms with Crippen molar-refractivity contribution in [3.63, 3.8) is 0 Å². The summed E-state index contributed by atoms with van der Waals surface area (Å²) in [5.41, 5.74) is 10.8. The fraction of sp³-hybridized carbons (Fsp3) is 0.476. The van der Waals surface area contributed by atoms with Crippen molar-refractivity contribution < 1.29 is 14.9 Å². The van der Waals surface area contributed by atoms with Crippen LogP contribution in [-0.2, 0) is 0 Å². The first-order valence-electron chi connectivity index (χ1n) is 9.97. The summed E-state index contributed by atoms with van der Waals surface area (Å²) in [5.74, 6) is 0.744. The predicted octanol–water partition coefficient (Wildman–Crippen LogP) is 2.17. The van der Waals surface area contributed by atoms with Crippen LogP contribution in [-0.4, -0.2) is 58.3 Å². The van der Waals surface area contributed by atoms with E-state index in [2.05, 4.69) is 20.5 Å². The van der Waals surface area contributed by atoms with E-state index in [1.165, 1.54) is 0 Å². The molecule has 0 amide bonds. The Morgan fingerprint density at radius 2 is 2.03 bits per heavy atom. The lowest BCUT2D eigenvalue weighted by atomic mass is 10.2. The van der Waals surface area contributed by atoms with Crippen molar-refractivity contribution in [3.8, 4) is 5.88 Å². The minimum Gasteiger partial charge on any atom is -0.474 e. The summed E-state index contributed by atoms with van der Waals surface area (Å²) in [6, 6.07) is 7.29. The molecule has 0 aliphatic rings. The van der Waals surface area contributed by atoms with Crippen molar-refractivity contribution in [1.29, 1.82) is 0 Å². The highest BCUT2D eigenvalue weighted by Gasteiger charge is 2.16. The van der Waals surface area contributed by atoms with E-state index in [4.69, 9.17) is 10.5 Å². The molecule has 0 saturated heterocycles. The van der Waals surface area contributed by atoms with Crippen molar-refractivity contribution >= 4 is 23.5 Å². The van der Waals surface area contributed by atoms with Crippen molar-refractivity contribution in [3.05, 3.63) is 35.5 Å². The number of nitrogen functional groups attached to an aromatic ring is 1. The van der Waals surface area contributed by atoms with Gasteiger partial charge in [0.25, 0.3) is 0 Å². The standard InChI is InChI=1S/C21H32N6O3/c1-5-8-27(9-10-28)20-24-16(12-19(25-20)30-14-21(3,4)29)13-23-26-18-11-15(2)6-7-17(18)22/h6-7,11-13,26,28-29H,5,8-10,14,22H2,1-4H3/b23-13+. The number of hydrazone groups is 1. The molecular formula is C21H32N6O3. The van der Waals surface area contributed by atoms with Crippen LogP contribution >= 0.6 is 0 Å². The molecule has 9 heteroatoms. The molecule has 2 aromatic rings. The molecule has 30 heavy (non-hydrogen) atoms. The zero-order chi connectivity index (χ0) is 22.1. The predicted molar refractivity (Wildman–Crippen MR) is 120 cm³/mol. The number of aromatic nitrogens is 2. The maximum Gasteiger partial charge on any atom is 0.229 e. The SMILES string of the molecule is CCCN(CCO)c1nc(/C=N/Nc2cc(C)ccc2N)cc(OCC(C)(C)O)n1. The smallest absolute Gasteiger partial charge is 0.229 e. The van der Waals surface area contributed by atoms with Crippen LogP contribution in [0, 0.1) is 6.92 Å². The number of aliphatic hydroxyl groups is 2. The highest BCUT2D eigenvalue weighted by molar-refractivity contribution is 5.79. The molecule has 0 atom stereocenters. The summed E-state index contributed by atoms with van der Waals surface area (Å²) < 4.78 is 5.67. The van der Waals surface area contributed by atoms with Crippen LogP contribution in [0.1, 0.15) is 38.4 Å². The highest BCUT2D eigenvalue weighted by atomic mass is 16.5. The van der Waals surface area contributed by atoms with Crippen molar-refractivity contribution in [2.24, 2.45) is 5.10 Å². The molecule has 1 aromatic heterocycles. The van der Waals surface area contributed by atoms with Crippen molar-refractivity contribution in [1.82, 2.24) is 9.97 Å². The number of nitrogens with zero attached hydrogens (tertiary/aromatic N) is 4. The molecular weight excluding hydrogens is 384 g/mol. The van der Waals surface area contributed by atoms with Gasteiger partial charge in [-0.2, -0.15) is 10.1 Å². The van der Waals surface area contributed by atoms with Crippen LogP contribution in [0.3, 0.4) is 0 Å². The van der Waals surface area contributed by atoms with E-state index in [-0.39, 0.29) is 13.2 Å². The zero-order valence-corrected chi connectivity index (χ0v) is 18.1. The first-order chi connectivity index (χ1) is 14.2. The second-order valence-electron chi connectivity index (χ2n) is 7.70. The Bertz CT molecular complexity index is 845. The van der Waals surface area contributed by atoms with E-state index in [9.17, 15) is 10.2 Å². The fourth-order valence-corrected chi connectivity index (χ4v) is 2.60. The van der Waals surface area contributed by atoms with Gasteiger partial charge in [-0.3, -0.25) is 5.43 Å². The van der Waals surface area contributed by atoms with Gasteiger partial charge < -0.3 is 25.6 Å². The molecule has 1 aromatic carbocycles. The number of aliphatic hydroxyl groups excluding tert-OH is 1. The van der Waals surface area contributed by atoms with Gasteiger partial charge in [-0.05, 0) is 44.9 Å². The number of benzene rings is 1. The van der Waals surface area contributed by atoms with E-state index in [1.54, 1.807) is 26.1 Å². The van der Waals surface area contributed by atoms with Gasteiger partial charge in [0.05, 0.1) is 35.5 Å². The molecule has 0 radical (unpaired) electrons. The Hall–Kier alpha value is -2.91. The summed E-state index contributed by atoms with van der Waals surface area (Å²) in [4.78, 5) is 10.8. The Balaban J connectivity index is 2.28. The van der Waals surface area contributed by atoms with Gasteiger partial charge in [0.2, 0.25) is 11.8 Å². The zero-order valence-electron chi connectivity index (χ0n) is 18.1. The summed E-state index contributed by atoms with van der Waals surface area (Å²) in [7, 11) is 0. The largest absolute Gasteiger partial charge is 0.474 e. The lowest BCUT2D eigenvalue weighted by Gasteiger charge is -2.22. The second kappa shape index (κ2) is 10.7. The fourth-order valence-electron chi connectivity index (χ4n) is 2.60. The van der Waals surface area contributed by atoms with Crippen LogP contribution in [0.15, 0.2) is 29.4 Å². The molecule has 0 saturated carbocycles. The Morgan fingerprint density at radius 3 is 2.70 bits per heavy atom. The average molecular weight is 417 g/mol. The van der Waals surface area contributed by atoms with Gasteiger partial charge in [0, 0.05) is 19.2 Å². The summed E-state index contributed by atoms with van der Waals surface area (Å²) in [5, 5.41) is 23.6. The maximum absolute atomic E-state index is 9.95. The lowest BCUT2D eigenvalue weighted by Crippen LogP contribution is -2.30. The molecule has 9 nitrogen and oxygen atoms in total. The van der Waals surface area contributed by atoms with Crippen LogP contribution in [0.5, 0.6) is 5.88 Å². The van der Waals surface area contributed by atoms with Gasteiger partial charge >= 0.3 is 0 Å². The number of anilines is 3. The van der Waals surface area contributed by atoms with Gasteiger partial charge in [-0.15, -0.1) is 0 Å². The Morgan fingerprint density at radius 1 is 1.27 bits per heavy atom. The molecule has 0 spiro atoms. The molecule has 2 rings (SSSR count). The first kappa shape index (κ1) is 23.4. The van der Waals surface area contributed by atoms with Crippen LogP contribution in [0.25, 0.3) is 0 Å². The molecule has 0 fully saturated rings. The maximum atomic E-state index is 9.95. The van der Waals surface area contributed by atoms with Gasteiger partial charge in [-0.25, -0.2) is 4.98 Å². The normalized spacial score (nSPS) is 11.7. The third kappa shape index (κ3) is 7.49. The van der Waals surface area contributed by atoms with E-state index in [0.717, 1.165) is 12.0 Å². The summed E-state index contributed by atoms with van der Waals surface area (Å²) in [6.45, 7) is 8.47. The van der Waals surface area contributed by atoms with Gasteiger partial charge in [0.1, 0.15) is 6.61 Å². The number of nitrogens with one attached hydrogen (secondary N) is 1. The van der Waals surface area contributed by atoms with E-state index >= 15 is 0 Å². The van der Waals surface area contributed by atoms with Gasteiger partial charge in [-0.1, -0.05) is 13.0 Å². The molecule has 5 N–H and O–H groups in total. The Labute approximate surface area is 177 Å². The average Bonchev–Trinajstić information content (AvgIpc) is 2.68. The molecule has 0 unspecified atom stereocenters. The molecule has 0 aliphatic carbocycles. The van der Waals surface area contributed by atoms with Gasteiger partial charge in [0.15, 0.2) is 0 Å². The third-order valence-electron chi connectivity index (χ3n) is 4.02. The van der Waals surface area contributed by atoms with Crippen LogP contribution in [0.2, 0.25) is 0 Å². The second-order valence-corrected chi connectivity index (χ2v) is 7.70. The van der Waals surface area contributed by atoms with Crippen LogP contribution < -0.4 is 20.8 Å². The molecule has 164 valence electrons. The number of hydrogen-bond donors (Lipinski definition) is 4. The first-order valence-corrected chi connectivity index (χ1v) is 9.97. The Kier molecular flexibility index (Phi) is 8.37. The minimum atomic E-state index is -1.00. The quantitative estimate of drug-likeness (QED) is 0.249. The van der Waals surface area contributed by atoms with E-state index in [1.807, 2.05) is 36.9 Å². The van der Waals surface area contributed by atoms with Crippen molar-refractivity contribution in [2.45, 2.75) is 39.7 Å². The molecule has 0 bridgehead atoms. The highest BCUT2D eigenvalue weighted by Crippen LogP contribution is 2.20. The monoisotopic (exact) mass is 416 g/mol. The minimum absolute atomic E-state index is 0.0181. The number of rotatable bonds is 11.